The summed E-state index contributed by atoms with van der Waals surface area (Å²) in [5.74, 6) is 2.60. The van der Waals surface area contributed by atoms with Gasteiger partial charge in [0, 0.05) is 50.7 Å². The third-order valence-electron chi connectivity index (χ3n) is 7.00. The van der Waals surface area contributed by atoms with Crippen LogP contribution in [0.1, 0.15) is 56.9 Å². The normalized spacial score (nSPS) is 22.7. The van der Waals surface area contributed by atoms with E-state index in [1.54, 1.807) is 13.3 Å². The van der Waals surface area contributed by atoms with Crippen molar-refractivity contribution in [1.29, 1.82) is 0 Å². The summed E-state index contributed by atoms with van der Waals surface area (Å²) in [5.41, 5.74) is 9.42. The molecule has 2 aromatic rings. The second-order valence-electron chi connectivity index (χ2n) is 9.61. The van der Waals surface area contributed by atoms with Gasteiger partial charge in [-0.3, -0.25) is 0 Å². The monoisotopic (exact) mass is 453 g/mol. The van der Waals surface area contributed by atoms with Gasteiger partial charge in [0.1, 0.15) is 11.6 Å². The average molecular weight is 454 g/mol. The minimum Gasteiger partial charge on any atom is -0.384 e. The molecule has 1 atom stereocenters. The molecule has 1 aliphatic carbocycles. The van der Waals surface area contributed by atoms with Gasteiger partial charge in [-0.05, 0) is 81.0 Å². The lowest BCUT2D eigenvalue weighted by molar-refractivity contribution is 0.0699. The van der Waals surface area contributed by atoms with Crippen LogP contribution in [-0.4, -0.2) is 55.5 Å². The fraction of sp³-hybridized carbons (Fsp3) is 0.615. The predicted molar refractivity (Wildman–Crippen MR) is 133 cm³/mol. The van der Waals surface area contributed by atoms with Gasteiger partial charge in [0.15, 0.2) is 0 Å². The van der Waals surface area contributed by atoms with Crippen LogP contribution < -0.4 is 16.4 Å². The minimum atomic E-state index is 0.384. The molecule has 3 heterocycles. The molecule has 1 saturated carbocycles. The van der Waals surface area contributed by atoms with Gasteiger partial charge in [-0.25, -0.2) is 9.97 Å². The van der Waals surface area contributed by atoms with E-state index in [4.69, 9.17) is 20.2 Å². The zero-order valence-corrected chi connectivity index (χ0v) is 20.1. The summed E-state index contributed by atoms with van der Waals surface area (Å²) >= 11 is 0. The molecule has 7 nitrogen and oxygen atoms in total. The van der Waals surface area contributed by atoms with Crippen molar-refractivity contribution in [3.8, 4) is 11.3 Å². The number of hydrogen-bond donors (Lipinski definition) is 3. The van der Waals surface area contributed by atoms with Crippen LogP contribution in [0.3, 0.4) is 0 Å². The number of nitrogens with zero attached hydrogens (tertiary/aromatic N) is 2. The lowest BCUT2D eigenvalue weighted by Crippen LogP contribution is -2.40. The smallest absolute Gasteiger partial charge is 0.126 e. The molecule has 1 aliphatic heterocycles. The number of nitrogen functional groups attached to an aromatic ring is 1. The van der Waals surface area contributed by atoms with E-state index < -0.39 is 0 Å². The number of nitrogens with two attached hydrogens (primary N) is 1. The Morgan fingerprint density at radius 1 is 1.12 bits per heavy atom. The Balaban J connectivity index is 1.48. The molecule has 1 saturated heterocycles. The number of rotatable bonds is 9. The highest BCUT2D eigenvalue weighted by atomic mass is 16.5. The SMILES string of the molecule is COC[C@@H](C)N[C@H]1CC[C@H](c2ccc(NCC3CCOCC3)nc2-c2ccnc(N)c2)CC1. The van der Waals surface area contributed by atoms with Crippen molar-refractivity contribution in [3.05, 3.63) is 36.0 Å². The Hall–Kier alpha value is -2.22. The van der Waals surface area contributed by atoms with Gasteiger partial charge in [0.25, 0.3) is 0 Å². The molecule has 0 amide bonds. The number of methoxy groups -OCH3 is 1. The summed E-state index contributed by atoms with van der Waals surface area (Å²) in [5, 5.41) is 7.29. The topological polar surface area (TPSA) is 94.3 Å². The second-order valence-corrected chi connectivity index (χ2v) is 9.61. The fourth-order valence-electron chi connectivity index (χ4n) is 5.20. The van der Waals surface area contributed by atoms with E-state index in [1.165, 1.54) is 18.4 Å². The molecule has 0 aromatic carbocycles. The van der Waals surface area contributed by atoms with E-state index in [0.717, 1.165) is 69.1 Å². The number of hydrogen-bond acceptors (Lipinski definition) is 7. The van der Waals surface area contributed by atoms with Crippen LogP contribution in [0, 0.1) is 5.92 Å². The molecular weight excluding hydrogens is 414 g/mol. The molecule has 4 N–H and O–H groups in total. The molecule has 4 rings (SSSR count). The summed E-state index contributed by atoms with van der Waals surface area (Å²) in [7, 11) is 1.76. The number of ether oxygens (including phenoxy) is 2. The molecule has 0 bridgehead atoms. The lowest BCUT2D eigenvalue weighted by Gasteiger charge is -2.32. The van der Waals surface area contributed by atoms with Crippen molar-refractivity contribution in [2.24, 2.45) is 5.92 Å². The lowest BCUT2D eigenvalue weighted by atomic mass is 9.80. The van der Waals surface area contributed by atoms with E-state index in [1.807, 2.05) is 12.1 Å². The maximum Gasteiger partial charge on any atom is 0.126 e. The molecular formula is C26H39N5O2. The molecule has 180 valence electrons. The van der Waals surface area contributed by atoms with Crippen molar-refractivity contribution in [1.82, 2.24) is 15.3 Å². The maximum absolute atomic E-state index is 6.02. The second kappa shape index (κ2) is 11.8. The molecule has 33 heavy (non-hydrogen) atoms. The molecule has 0 spiro atoms. The third-order valence-corrected chi connectivity index (χ3v) is 7.00. The van der Waals surface area contributed by atoms with Gasteiger partial charge in [0.05, 0.1) is 12.3 Å². The fourth-order valence-corrected chi connectivity index (χ4v) is 5.20. The van der Waals surface area contributed by atoms with Gasteiger partial charge < -0.3 is 25.8 Å². The minimum absolute atomic E-state index is 0.384. The van der Waals surface area contributed by atoms with Crippen molar-refractivity contribution in [3.63, 3.8) is 0 Å². The van der Waals surface area contributed by atoms with Crippen LogP contribution in [0.15, 0.2) is 30.5 Å². The van der Waals surface area contributed by atoms with Crippen LogP contribution in [-0.2, 0) is 9.47 Å². The predicted octanol–water partition coefficient (Wildman–Crippen LogP) is 4.22. The van der Waals surface area contributed by atoms with Crippen LogP contribution >= 0.6 is 0 Å². The van der Waals surface area contributed by atoms with Crippen LogP contribution in [0.4, 0.5) is 11.6 Å². The number of aromatic nitrogens is 2. The summed E-state index contributed by atoms with van der Waals surface area (Å²) in [6.45, 7) is 5.60. The van der Waals surface area contributed by atoms with Gasteiger partial charge in [-0.2, -0.15) is 0 Å². The molecule has 0 radical (unpaired) electrons. The van der Waals surface area contributed by atoms with E-state index in [2.05, 4.69) is 34.7 Å². The zero-order valence-electron chi connectivity index (χ0n) is 20.1. The molecule has 0 unspecified atom stereocenters. The highest BCUT2D eigenvalue weighted by molar-refractivity contribution is 5.68. The van der Waals surface area contributed by atoms with Crippen molar-refractivity contribution in [2.75, 3.05) is 44.5 Å². The Kier molecular flexibility index (Phi) is 8.53. The van der Waals surface area contributed by atoms with Crippen LogP contribution in [0.2, 0.25) is 0 Å². The van der Waals surface area contributed by atoms with Gasteiger partial charge >= 0.3 is 0 Å². The maximum atomic E-state index is 6.02. The van der Waals surface area contributed by atoms with E-state index in [0.29, 0.717) is 29.7 Å². The standard InChI is InChI=1S/C26H39N5O2/c1-18(17-32-2)30-22-5-3-20(4-6-22)23-7-8-25(29-16-19-10-13-33-14-11-19)31-26(23)21-9-12-28-24(27)15-21/h7-9,12,15,18-20,22,30H,3-6,10-11,13-14,16-17H2,1-2H3,(H2,27,28)(H,29,31)/t18-,20-,22-/m1/s1. The first-order chi connectivity index (χ1) is 16.1. The molecule has 2 aromatic heterocycles. The Bertz CT molecular complexity index is 879. The average Bonchev–Trinajstić information content (AvgIpc) is 2.84. The van der Waals surface area contributed by atoms with Gasteiger partial charge in [0.2, 0.25) is 0 Å². The highest BCUT2D eigenvalue weighted by Crippen LogP contribution is 2.38. The first kappa shape index (κ1) is 23.9. The third kappa shape index (κ3) is 6.65. The Morgan fingerprint density at radius 3 is 2.64 bits per heavy atom. The summed E-state index contributed by atoms with van der Waals surface area (Å²) < 4.78 is 10.8. The van der Waals surface area contributed by atoms with Crippen LogP contribution in [0.5, 0.6) is 0 Å². The van der Waals surface area contributed by atoms with E-state index in [9.17, 15) is 0 Å². The van der Waals surface area contributed by atoms with Crippen LogP contribution in [0.25, 0.3) is 11.3 Å². The molecule has 2 fully saturated rings. The number of anilines is 2. The summed E-state index contributed by atoms with van der Waals surface area (Å²) in [4.78, 5) is 9.26. The number of nitrogens with one attached hydrogen (secondary N) is 2. The van der Waals surface area contributed by atoms with Crippen molar-refractivity contribution < 1.29 is 9.47 Å². The molecule has 2 aliphatic rings. The summed E-state index contributed by atoms with van der Waals surface area (Å²) in [6, 6.07) is 9.32. The highest BCUT2D eigenvalue weighted by Gasteiger charge is 2.26. The van der Waals surface area contributed by atoms with E-state index >= 15 is 0 Å². The first-order valence-electron chi connectivity index (χ1n) is 12.4. The quantitative estimate of drug-likeness (QED) is 0.523. The Morgan fingerprint density at radius 2 is 1.91 bits per heavy atom. The number of pyridine rings is 2. The van der Waals surface area contributed by atoms with E-state index in [-0.39, 0.29) is 0 Å². The first-order valence-corrected chi connectivity index (χ1v) is 12.4. The van der Waals surface area contributed by atoms with Gasteiger partial charge in [-0.15, -0.1) is 0 Å². The largest absolute Gasteiger partial charge is 0.384 e. The Labute approximate surface area is 197 Å². The van der Waals surface area contributed by atoms with Crippen molar-refractivity contribution >= 4 is 11.6 Å². The summed E-state index contributed by atoms with van der Waals surface area (Å²) in [6.07, 6.45) is 8.64. The zero-order chi connectivity index (χ0) is 23.0. The van der Waals surface area contributed by atoms with Crippen molar-refractivity contribution in [2.45, 2.75) is 63.5 Å². The molecule has 7 heteroatoms. The van der Waals surface area contributed by atoms with Gasteiger partial charge in [-0.1, -0.05) is 6.07 Å².